The molecule has 0 bridgehead atoms. The largest absolute Gasteiger partial charge is 0.481 e. The number of nitro groups is 1. The van der Waals surface area contributed by atoms with Crippen LogP contribution in [0.3, 0.4) is 0 Å². The van der Waals surface area contributed by atoms with E-state index in [4.69, 9.17) is 5.11 Å². The topological polar surface area (TPSA) is 121 Å². The predicted octanol–water partition coefficient (Wildman–Crippen LogP) is 1.98. The number of carboxylic acids is 1. The van der Waals surface area contributed by atoms with Crippen molar-refractivity contribution in [2.75, 3.05) is 13.1 Å². The smallest absolute Gasteiger partial charge is 0.407 e. The van der Waals surface area contributed by atoms with Crippen molar-refractivity contribution in [3.8, 4) is 0 Å². The van der Waals surface area contributed by atoms with Crippen molar-refractivity contribution in [3.63, 3.8) is 0 Å². The van der Waals surface area contributed by atoms with Crippen LogP contribution in [0.5, 0.6) is 0 Å². The molecule has 1 heterocycles. The number of piperidine rings is 1. The molecule has 22 heavy (non-hydrogen) atoms. The molecule has 1 aromatic carbocycles. The van der Waals surface area contributed by atoms with Gasteiger partial charge in [-0.3, -0.25) is 14.9 Å². The second kappa shape index (κ2) is 6.00. The number of carbonyl (C=O) groups is 2. The van der Waals surface area contributed by atoms with Crippen LogP contribution in [-0.2, 0) is 11.2 Å². The molecule has 1 aromatic rings. The molecule has 2 N–H and O–H groups in total. The summed E-state index contributed by atoms with van der Waals surface area (Å²) >= 11 is 0. The van der Waals surface area contributed by atoms with Gasteiger partial charge in [-0.05, 0) is 19.3 Å². The summed E-state index contributed by atoms with van der Waals surface area (Å²) in [5, 5.41) is 29.6. The monoisotopic (exact) mass is 308 g/mol. The molecule has 0 spiro atoms. The van der Waals surface area contributed by atoms with Gasteiger partial charge in [-0.2, -0.15) is 0 Å². The lowest BCUT2D eigenvalue weighted by Gasteiger charge is -2.37. The van der Waals surface area contributed by atoms with Crippen molar-refractivity contribution in [3.05, 3.63) is 39.9 Å². The lowest BCUT2D eigenvalue weighted by atomic mass is 9.73. The molecular weight excluding hydrogens is 292 g/mol. The number of hydrogen-bond acceptors (Lipinski definition) is 4. The van der Waals surface area contributed by atoms with E-state index in [0.717, 1.165) is 0 Å². The summed E-state index contributed by atoms with van der Waals surface area (Å²) in [4.78, 5) is 34.3. The number of carboxylic acid groups (broad SMARTS) is 2. The van der Waals surface area contributed by atoms with Crippen LogP contribution in [-0.4, -0.2) is 45.2 Å². The molecule has 0 unspecified atom stereocenters. The number of hydrogen-bond donors (Lipinski definition) is 2. The molecule has 2 rings (SSSR count). The van der Waals surface area contributed by atoms with E-state index in [0.29, 0.717) is 5.56 Å². The third-order valence-corrected chi connectivity index (χ3v) is 4.16. The van der Waals surface area contributed by atoms with Crippen LogP contribution < -0.4 is 0 Å². The second-order valence-corrected chi connectivity index (χ2v) is 5.42. The summed E-state index contributed by atoms with van der Waals surface area (Å²) in [7, 11) is 0. The van der Waals surface area contributed by atoms with Gasteiger partial charge in [0.05, 0.1) is 10.3 Å². The lowest BCUT2D eigenvalue weighted by molar-refractivity contribution is -0.385. The van der Waals surface area contributed by atoms with Gasteiger partial charge in [-0.25, -0.2) is 4.79 Å². The van der Waals surface area contributed by atoms with Crippen LogP contribution in [0.4, 0.5) is 10.5 Å². The minimum atomic E-state index is -1.17. The summed E-state index contributed by atoms with van der Waals surface area (Å²) in [5.41, 5.74) is -0.916. The highest BCUT2D eigenvalue weighted by atomic mass is 16.6. The summed E-state index contributed by atoms with van der Waals surface area (Å²) in [5.74, 6) is -1.05. The minimum Gasteiger partial charge on any atom is -0.481 e. The Morgan fingerprint density at radius 3 is 2.32 bits per heavy atom. The molecule has 1 fully saturated rings. The number of para-hydroxylation sites is 1. The maximum absolute atomic E-state index is 11.7. The summed E-state index contributed by atoms with van der Waals surface area (Å²) in [6, 6.07) is 6.05. The molecule has 118 valence electrons. The van der Waals surface area contributed by atoms with Crippen molar-refractivity contribution in [1.29, 1.82) is 0 Å². The highest BCUT2D eigenvalue weighted by molar-refractivity contribution is 5.76. The number of amides is 1. The Morgan fingerprint density at radius 1 is 1.23 bits per heavy atom. The number of nitro benzene ring substituents is 1. The zero-order valence-electron chi connectivity index (χ0n) is 11.8. The maximum Gasteiger partial charge on any atom is 0.407 e. The number of nitrogens with zero attached hydrogens (tertiary/aromatic N) is 2. The molecule has 8 heteroatoms. The Labute approximate surface area is 126 Å². The Morgan fingerprint density at radius 2 is 1.82 bits per heavy atom. The van der Waals surface area contributed by atoms with E-state index < -0.39 is 22.4 Å². The van der Waals surface area contributed by atoms with Gasteiger partial charge in [0.25, 0.3) is 5.69 Å². The minimum absolute atomic E-state index is 0.0208. The normalized spacial score (nSPS) is 17.0. The van der Waals surface area contributed by atoms with Gasteiger partial charge in [-0.15, -0.1) is 0 Å². The second-order valence-electron chi connectivity index (χ2n) is 5.42. The fraction of sp³-hybridized carbons (Fsp3) is 0.429. The van der Waals surface area contributed by atoms with Gasteiger partial charge in [0, 0.05) is 24.7 Å². The van der Waals surface area contributed by atoms with E-state index in [1.54, 1.807) is 12.1 Å². The quantitative estimate of drug-likeness (QED) is 0.648. The van der Waals surface area contributed by atoms with Crippen LogP contribution in [0, 0.1) is 15.5 Å². The molecule has 1 aliphatic rings. The van der Waals surface area contributed by atoms with Crippen LogP contribution in [0.15, 0.2) is 24.3 Å². The SMILES string of the molecule is O=C(O)N1CCC(Cc2ccccc2[N+](=O)[O-])(C(=O)O)CC1. The molecule has 1 saturated heterocycles. The molecule has 0 atom stereocenters. The van der Waals surface area contributed by atoms with Crippen LogP contribution in [0.25, 0.3) is 0 Å². The molecule has 8 nitrogen and oxygen atoms in total. The van der Waals surface area contributed by atoms with Crippen molar-refractivity contribution < 1.29 is 24.7 Å². The van der Waals surface area contributed by atoms with E-state index in [1.165, 1.54) is 17.0 Å². The Balaban J connectivity index is 2.26. The molecule has 0 radical (unpaired) electrons. The Bertz CT molecular complexity index is 607. The maximum atomic E-state index is 11.7. The van der Waals surface area contributed by atoms with Gasteiger partial charge >= 0.3 is 12.1 Å². The van der Waals surface area contributed by atoms with Crippen molar-refractivity contribution in [1.82, 2.24) is 4.90 Å². The number of aliphatic carboxylic acids is 1. The lowest BCUT2D eigenvalue weighted by Crippen LogP contribution is -2.47. The summed E-state index contributed by atoms with van der Waals surface area (Å²) < 4.78 is 0. The first kappa shape index (κ1) is 15.7. The number of benzene rings is 1. The van der Waals surface area contributed by atoms with Gasteiger partial charge in [-0.1, -0.05) is 18.2 Å². The molecule has 1 amide bonds. The van der Waals surface area contributed by atoms with Crippen molar-refractivity contribution in [2.45, 2.75) is 19.3 Å². The highest BCUT2D eigenvalue weighted by Gasteiger charge is 2.43. The fourth-order valence-corrected chi connectivity index (χ4v) is 2.80. The third-order valence-electron chi connectivity index (χ3n) is 4.16. The Hall–Kier alpha value is -2.64. The van der Waals surface area contributed by atoms with Gasteiger partial charge in [0.15, 0.2) is 0 Å². The molecule has 0 saturated carbocycles. The zero-order valence-corrected chi connectivity index (χ0v) is 11.8. The third kappa shape index (κ3) is 3.00. The summed E-state index contributed by atoms with van der Waals surface area (Å²) in [6.45, 7) is 0.227. The molecule has 0 aliphatic carbocycles. The van der Waals surface area contributed by atoms with Crippen LogP contribution >= 0.6 is 0 Å². The average Bonchev–Trinajstić information content (AvgIpc) is 2.47. The average molecular weight is 308 g/mol. The van der Waals surface area contributed by atoms with E-state index in [2.05, 4.69) is 0 Å². The summed E-state index contributed by atoms with van der Waals surface area (Å²) in [6.07, 6.45) is -0.779. The first-order valence-corrected chi connectivity index (χ1v) is 6.79. The van der Waals surface area contributed by atoms with E-state index >= 15 is 0 Å². The van der Waals surface area contributed by atoms with Crippen molar-refractivity contribution in [2.24, 2.45) is 5.41 Å². The predicted molar refractivity (Wildman–Crippen MR) is 75.7 cm³/mol. The number of rotatable bonds is 4. The van der Waals surface area contributed by atoms with Crippen molar-refractivity contribution >= 4 is 17.7 Å². The first-order valence-electron chi connectivity index (χ1n) is 6.79. The Kier molecular flexibility index (Phi) is 4.30. The van der Waals surface area contributed by atoms with Gasteiger partial charge in [0.2, 0.25) is 0 Å². The van der Waals surface area contributed by atoms with E-state index in [-0.39, 0.29) is 38.0 Å². The van der Waals surface area contributed by atoms with Crippen LogP contribution in [0.2, 0.25) is 0 Å². The zero-order chi connectivity index (χ0) is 16.3. The fourth-order valence-electron chi connectivity index (χ4n) is 2.80. The van der Waals surface area contributed by atoms with Crippen LogP contribution in [0.1, 0.15) is 18.4 Å². The molecular formula is C14H16N2O6. The molecule has 0 aromatic heterocycles. The van der Waals surface area contributed by atoms with Gasteiger partial charge < -0.3 is 15.1 Å². The highest BCUT2D eigenvalue weighted by Crippen LogP contribution is 2.37. The van der Waals surface area contributed by atoms with E-state index in [1.807, 2.05) is 0 Å². The number of likely N-dealkylation sites (tertiary alicyclic amines) is 1. The first-order chi connectivity index (χ1) is 10.4. The van der Waals surface area contributed by atoms with E-state index in [9.17, 15) is 24.8 Å². The standard InChI is InChI=1S/C14H16N2O6/c17-12(18)14(5-7-15(8-6-14)13(19)20)9-10-3-1-2-4-11(10)16(21)22/h1-4H,5-9H2,(H,17,18)(H,19,20). The molecule has 1 aliphatic heterocycles. The van der Waals surface area contributed by atoms with Gasteiger partial charge in [0.1, 0.15) is 0 Å².